The second-order valence-corrected chi connectivity index (χ2v) is 15.1. The van der Waals surface area contributed by atoms with Crippen LogP contribution < -0.4 is 0 Å². The van der Waals surface area contributed by atoms with Gasteiger partial charge in [-0.05, 0) is 95.6 Å². The van der Waals surface area contributed by atoms with Gasteiger partial charge in [-0.1, -0.05) is 109 Å². The van der Waals surface area contributed by atoms with E-state index in [4.69, 9.17) is 9.47 Å². The molecule has 2 rings (SSSR count). The van der Waals surface area contributed by atoms with E-state index in [1.54, 1.807) is 0 Å². The molecule has 7 unspecified atom stereocenters. The van der Waals surface area contributed by atoms with E-state index >= 15 is 0 Å². The van der Waals surface area contributed by atoms with Crippen molar-refractivity contribution in [3.8, 4) is 0 Å². The van der Waals surface area contributed by atoms with Crippen LogP contribution in [0.15, 0.2) is 12.2 Å². The highest BCUT2D eigenvalue weighted by atomic mass is 16.6. The van der Waals surface area contributed by atoms with Gasteiger partial charge in [0.2, 0.25) is 0 Å². The van der Waals surface area contributed by atoms with Crippen molar-refractivity contribution in [1.82, 2.24) is 4.90 Å². The molecule has 270 valence electrons. The zero-order valence-corrected chi connectivity index (χ0v) is 30.6. The Morgan fingerprint density at radius 1 is 0.783 bits per heavy atom. The summed E-state index contributed by atoms with van der Waals surface area (Å²) in [6.07, 6.45) is 30.8. The zero-order valence-electron chi connectivity index (χ0n) is 30.6. The Morgan fingerprint density at radius 2 is 1.41 bits per heavy atom. The number of hydrogen-bond acceptors (Lipinski definition) is 6. The number of aliphatic hydroxyl groups excluding tert-OH is 2. The highest BCUT2D eigenvalue weighted by Crippen LogP contribution is 2.46. The molecule has 0 aliphatic heterocycles. The quantitative estimate of drug-likeness (QED) is 0.0349. The maximum Gasteiger partial charge on any atom is 0.306 e. The molecule has 0 aromatic heterocycles. The van der Waals surface area contributed by atoms with Crippen LogP contribution in [-0.4, -0.2) is 66.8 Å². The third-order valence-corrected chi connectivity index (χ3v) is 10.6. The third-order valence-electron chi connectivity index (χ3n) is 10.6. The van der Waals surface area contributed by atoms with Crippen LogP contribution >= 0.6 is 0 Å². The van der Waals surface area contributed by atoms with Crippen LogP contribution in [0, 0.1) is 23.7 Å². The fourth-order valence-corrected chi connectivity index (χ4v) is 7.54. The summed E-state index contributed by atoms with van der Waals surface area (Å²) in [5.74, 6) is 2.41. The molecule has 7 atom stereocenters. The standard InChI is InChI=1S/C40H75NO5/c1-5-7-9-10-12-16-21-33-31-34(33)22-17-13-11-14-18-23-36(42)24-19-20-30-45-40(44)32-35-26-27-38(37(35)25-15-8-6-2)46-39(43)28-29-41(3)4/h8,15,33-39,42-43H,5-7,9-14,16-32H2,1-4H3/b15-8-. The Bertz CT molecular complexity index is 773. The Hall–Kier alpha value is -0.950. The first-order valence-electron chi connectivity index (χ1n) is 19.8. The van der Waals surface area contributed by atoms with Crippen LogP contribution in [-0.2, 0) is 14.3 Å². The smallest absolute Gasteiger partial charge is 0.306 e. The van der Waals surface area contributed by atoms with Gasteiger partial charge in [0, 0.05) is 19.4 Å². The maximum absolute atomic E-state index is 12.7. The molecule has 2 N–H and O–H groups in total. The van der Waals surface area contributed by atoms with E-state index in [1.165, 1.54) is 83.5 Å². The minimum Gasteiger partial charge on any atom is -0.466 e. The molecule has 0 aromatic carbocycles. The van der Waals surface area contributed by atoms with Crippen molar-refractivity contribution in [2.45, 2.75) is 186 Å². The molecule has 2 aliphatic rings. The lowest BCUT2D eigenvalue weighted by molar-refractivity contribution is -0.153. The zero-order chi connectivity index (χ0) is 33.4. The van der Waals surface area contributed by atoms with Gasteiger partial charge in [-0.25, -0.2) is 0 Å². The molecule has 0 amide bonds. The largest absolute Gasteiger partial charge is 0.466 e. The lowest BCUT2D eigenvalue weighted by Gasteiger charge is -2.26. The second-order valence-electron chi connectivity index (χ2n) is 15.1. The molecule has 6 heteroatoms. The van der Waals surface area contributed by atoms with Gasteiger partial charge < -0.3 is 24.6 Å². The van der Waals surface area contributed by atoms with Crippen LogP contribution in [0.4, 0.5) is 0 Å². The van der Waals surface area contributed by atoms with Gasteiger partial charge in [0.05, 0.1) is 18.8 Å². The number of hydrogen-bond donors (Lipinski definition) is 2. The van der Waals surface area contributed by atoms with E-state index in [0.717, 1.165) is 76.2 Å². The first-order chi connectivity index (χ1) is 22.3. The Labute approximate surface area is 284 Å². The van der Waals surface area contributed by atoms with E-state index in [9.17, 15) is 15.0 Å². The number of rotatable bonds is 30. The van der Waals surface area contributed by atoms with E-state index in [2.05, 4.69) is 26.0 Å². The minimum absolute atomic E-state index is 0.0204. The number of carbonyl (C=O) groups excluding carboxylic acids is 1. The number of esters is 1. The summed E-state index contributed by atoms with van der Waals surface area (Å²) in [6.45, 7) is 5.63. The molecule has 0 bridgehead atoms. The summed E-state index contributed by atoms with van der Waals surface area (Å²) in [5.41, 5.74) is 0. The monoisotopic (exact) mass is 650 g/mol. The summed E-state index contributed by atoms with van der Waals surface area (Å²) in [5, 5.41) is 20.8. The molecule has 2 aliphatic carbocycles. The van der Waals surface area contributed by atoms with E-state index < -0.39 is 6.29 Å². The number of carbonyl (C=O) groups is 1. The second kappa shape index (κ2) is 26.0. The van der Waals surface area contributed by atoms with Crippen LogP contribution in [0.2, 0.25) is 0 Å². The van der Waals surface area contributed by atoms with Crippen LogP contribution in [0.5, 0.6) is 0 Å². The van der Waals surface area contributed by atoms with Gasteiger partial charge in [-0.3, -0.25) is 4.79 Å². The van der Waals surface area contributed by atoms with Crippen LogP contribution in [0.3, 0.4) is 0 Å². The van der Waals surface area contributed by atoms with Crippen molar-refractivity contribution >= 4 is 5.97 Å². The summed E-state index contributed by atoms with van der Waals surface area (Å²) in [6, 6.07) is 0. The topological polar surface area (TPSA) is 79.2 Å². The first kappa shape index (κ1) is 41.2. The number of unbranched alkanes of at least 4 members (excludes halogenated alkanes) is 10. The molecular formula is C40H75NO5. The SMILES string of the molecule is CC/C=C\CC1C(CC(=O)OCCCCC(O)CCCCCCCC2CC2CCCCCCCC)CCC1OC(O)CCN(C)C. The molecule has 0 aromatic rings. The van der Waals surface area contributed by atoms with Gasteiger partial charge in [0.1, 0.15) is 0 Å². The highest BCUT2D eigenvalue weighted by Gasteiger charge is 2.38. The number of nitrogens with zero attached hydrogens (tertiary/aromatic N) is 1. The van der Waals surface area contributed by atoms with Crippen molar-refractivity contribution in [3.05, 3.63) is 12.2 Å². The van der Waals surface area contributed by atoms with Gasteiger partial charge in [-0.15, -0.1) is 0 Å². The van der Waals surface area contributed by atoms with Gasteiger partial charge in [-0.2, -0.15) is 0 Å². The van der Waals surface area contributed by atoms with E-state index in [1.807, 2.05) is 19.0 Å². The molecule has 0 spiro atoms. The maximum atomic E-state index is 12.7. The molecular weight excluding hydrogens is 574 g/mol. The van der Waals surface area contributed by atoms with Gasteiger partial charge in [0.15, 0.2) is 6.29 Å². The number of allylic oxidation sites excluding steroid dienone is 2. The van der Waals surface area contributed by atoms with Crippen molar-refractivity contribution in [2.75, 3.05) is 27.2 Å². The predicted octanol–water partition coefficient (Wildman–Crippen LogP) is 9.61. The van der Waals surface area contributed by atoms with Crippen molar-refractivity contribution in [3.63, 3.8) is 0 Å². The lowest BCUT2D eigenvalue weighted by Crippen LogP contribution is -2.30. The summed E-state index contributed by atoms with van der Waals surface area (Å²) < 4.78 is 11.7. The van der Waals surface area contributed by atoms with E-state index in [0.29, 0.717) is 19.4 Å². The van der Waals surface area contributed by atoms with Gasteiger partial charge in [0.25, 0.3) is 0 Å². The van der Waals surface area contributed by atoms with E-state index in [-0.39, 0.29) is 30.0 Å². The average molecular weight is 650 g/mol. The molecule has 2 saturated carbocycles. The average Bonchev–Trinajstić information content (AvgIpc) is 3.68. The van der Waals surface area contributed by atoms with Crippen LogP contribution in [0.25, 0.3) is 0 Å². The normalized spacial score (nSPS) is 24.2. The highest BCUT2D eigenvalue weighted by molar-refractivity contribution is 5.69. The lowest BCUT2D eigenvalue weighted by atomic mass is 9.88. The van der Waals surface area contributed by atoms with Crippen molar-refractivity contribution in [1.29, 1.82) is 0 Å². The van der Waals surface area contributed by atoms with Crippen molar-refractivity contribution in [2.24, 2.45) is 23.7 Å². The Balaban J connectivity index is 1.46. The third kappa shape index (κ3) is 19.8. The predicted molar refractivity (Wildman–Crippen MR) is 192 cm³/mol. The van der Waals surface area contributed by atoms with Crippen LogP contribution in [0.1, 0.15) is 168 Å². The summed E-state index contributed by atoms with van der Waals surface area (Å²) in [7, 11) is 3.99. The Morgan fingerprint density at radius 3 is 2.07 bits per heavy atom. The molecule has 2 fully saturated rings. The number of ether oxygens (including phenoxy) is 2. The summed E-state index contributed by atoms with van der Waals surface area (Å²) in [4.78, 5) is 14.7. The number of aliphatic hydroxyl groups is 2. The first-order valence-corrected chi connectivity index (χ1v) is 19.8. The van der Waals surface area contributed by atoms with Crippen molar-refractivity contribution < 1.29 is 24.5 Å². The molecule has 6 nitrogen and oxygen atoms in total. The fraction of sp³-hybridized carbons (Fsp3) is 0.925. The van der Waals surface area contributed by atoms with Gasteiger partial charge >= 0.3 is 5.97 Å². The molecule has 0 radical (unpaired) electrons. The Kier molecular flexibility index (Phi) is 23.3. The summed E-state index contributed by atoms with van der Waals surface area (Å²) >= 11 is 0. The molecule has 46 heavy (non-hydrogen) atoms. The molecule has 0 heterocycles. The molecule has 0 saturated heterocycles. The fourth-order valence-electron chi connectivity index (χ4n) is 7.54. The minimum atomic E-state index is -0.768.